The van der Waals surface area contributed by atoms with Crippen LogP contribution in [0.5, 0.6) is 0 Å². The molecule has 7 heteroatoms. The van der Waals surface area contributed by atoms with Gasteiger partial charge < -0.3 is 0 Å². The Morgan fingerprint density at radius 2 is 1.43 bits per heavy atom. The predicted molar refractivity (Wildman–Crippen MR) is 17.3 cm³/mol. The van der Waals surface area contributed by atoms with Crippen molar-refractivity contribution in [2.45, 2.75) is 0 Å². The summed E-state index contributed by atoms with van der Waals surface area (Å²) in [4.78, 5) is 18.0. The molecule has 7 heavy (non-hydrogen) atoms. The molecule has 0 atom stereocenters. The predicted octanol–water partition coefficient (Wildman–Crippen LogP) is -0.257. The molecule has 0 rings (SSSR count). The van der Waals surface area contributed by atoms with Crippen molar-refractivity contribution >= 4 is 0 Å². The van der Waals surface area contributed by atoms with Crippen LogP contribution in [0.2, 0.25) is 0 Å². The van der Waals surface area contributed by atoms with Crippen LogP contribution >= 0.6 is 0 Å². The first-order valence-electron chi connectivity index (χ1n) is 1.13. The number of hydrogen-bond acceptors (Lipinski definition) is 4. The molecule has 40 valence electrons. The summed E-state index contributed by atoms with van der Waals surface area (Å²) in [5.74, 6) is 0. The lowest BCUT2D eigenvalue weighted by Crippen LogP contribution is -1.97. The van der Waals surface area contributed by atoms with Crippen molar-refractivity contribution in [1.29, 1.82) is 0 Å². The lowest BCUT2D eigenvalue weighted by atomic mass is 12.4. The summed E-state index contributed by atoms with van der Waals surface area (Å²) in [5.41, 5.74) is 1.72. The highest BCUT2D eigenvalue weighted by atomic mass is 16.8. The molecule has 0 spiro atoms. The van der Waals surface area contributed by atoms with Crippen LogP contribution in [-0.4, -0.2) is 10.1 Å². The molecule has 0 radical (unpaired) electrons. The molecule has 0 aliphatic heterocycles. The summed E-state index contributed by atoms with van der Waals surface area (Å²) in [5, 5.41) is 15.3. The third kappa shape index (κ3) is 4.60. The lowest BCUT2D eigenvalue weighted by molar-refractivity contribution is -0.618. The standard InChI is InChI=1S/N3O4/c4-2(5)1-3(6)7/q-1. The van der Waals surface area contributed by atoms with Gasteiger partial charge in [-0.15, -0.1) is 0 Å². The maximum Gasteiger partial charge on any atom is 0.0464 e. The van der Waals surface area contributed by atoms with Crippen molar-refractivity contribution < 1.29 is 10.1 Å². The van der Waals surface area contributed by atoms with Crippen LogP contribution in [0.1, 0.15) is 0 Å². The smallest absolute Gasteiger partial charge is 0.0464 e. The third-order valence-corrected chi connectivity index (χ3v) is 0.146. The second kappa shape index (κ2) is 1.90. The fourth-order valence-electron chi connectivity index (χ4n) is 0.0596. The van der Waals surface area contributed by atoms with Gasteiger partial charge >= 0.3 is 0 Å². The second-order valence-corrected chi connectivity index (χ2v) is 0.565. The van der Waals surface area contributed by atoms with E-state index in [1.807, 2.05) is 0 Å². The quantitative estimate of drug-likeness (QED) is 0.357. The van der Waals surface area contributed by atoms with Crippen LogP contribution in [0, 0.1) is 20.2 Å². The van der Waals surface area contributed by atoms with Crippen molar-refractivity contribution in [2.75, 3.05) is 0 Å². The third-order valence-electron chi connectivity index (χ3n) is 0.146. The van der Waals surface area contributed by atoms with Crippen molar-refractivity contribution in [3.63, 3.8) is 0 Å². The average molecular weight is 106 g/mol. The second-order valence-electron chi connectivity index (χ2n) is 0.565. The van der Waals surface area contributed by atoms with E-state index in [1.165, 1.54) is 0 Å². The fraction of sp³-hybridized carbons (Fsp3) is 0. The van der Waals surface area contributed by atoms with Gasteiger partial charge in [-0.1, -0.05) is 0 Å². The Balaban J connectivity index is 3.32. The van der Waals surface area contributed by atoms with Gasteiger partial charge in [0.1, 0.15) is 0 Å². The summed E-state index contributed by atoms with van der Waals surface area (Å²) in [6.07, 6.45) is 0. The summed E-state index contributed by atoms with van der Waals surface area (Å²) in [7, 11) is 0. The highest BCUT2D eigenvalue weighted by molar-refractivity contribution is 4.25. The van der Waals surface area contributed by atoms with Gasteiger partial charge in [-0.3, -0.25) is 20.2 Å². The van der Waals surface area contributed by atoms with Gasteiger partial charge in [0.15, 0.2) is 0 Å². The molecule has 0 bridgehead atoms. The molecule has 0 saturated carbocycles. The Kier molecular flexibility index (Phi) is 1.52. The zero-order valence-corrected chi connectivity index (χ0v) is 2.97. The monoisotopic (exact) mass is 106 g/mol. The fourth-order valence-corrected chi connectivity index (χ4v) is 0.0596. The number of rotatable bonds is 2. The minimum Gasteiger partial charge on any atom is -0.264 e. The molecule has 0 aromatic carbocycles. The SMILES string of the molecule is O=[N+]([O-])[N-][N+](=O)[O-]. The molecule has 0 amide bonds. The molecule has 0 N–H and O–H groups in total. The first-order valence-corrected chi connectivity index (χ1v) is 1.13. The highest BCUT2D eigenvalue weighted by Crippen LogP contribution is 1.82. The summed E-state index contributed by atoms with van der Waals surface area (Å²) in [6.45, 7) is 0. The van der Waals surface area contributed by atoms with E-state index in [-0.39, 0.29) is 0 Å². The normalized spacial score (nSPS) is 7.43. The molecule has 0 aliphatic rings. The van der Waals surface area contributed by atoms with Gasteiger partial charge in [0.25, 0.3) is 0 Å². The van der Waals surface area contributed by atoms with Gasteiger partial charge in [-0.05, 0) is 5.53 Å². The van der Waals surface area contributed by atoms with Crippen molar-refractivity contribution in [3.8, 4) is 0 Å². The van der Waals surface area contributed by atoms with Crippen LogP contribution in [-0.2, 0) is 0 Å². The van der Waals surface area contributed by atoms with E-state index < -0.39 is 10.1 Å². The van der Waals surface area contributed by atoms with E-state index in [2.05, 4.69) is 0 Å². The first kappa shape index (κ1) is 5.60. The molecule has 0 aliphatic carbocycles. The Bertz CT molecular complexity index is 83.1. The molecule has 0 aromatic rings. The van der Waals surface area contributed by atoms with Crippen molar-refractivity contribution in [2.24, 2.45) is 0 Å². The minimum absolute atomic E-state index is 1.38. The van der Waals surface area contributed by atoms with Crippen LogP contribution in [0.3, 0.4) is 0 Å². The van der Waals surface area contributed by atoms with Crippen molar-refractivity contribution in [3.05, 3.63) is 25.8 Å². The molecule has 0 aromatic heterocycles. The Morgan fingerprint density at radius 3 is 1.43 bits per heavy atom. The molecular weight excluding hydrogens is 106 g/mol. The molecule has 7 nitrogen and oxygen atoms in total. The van der Waals surface area contributed by atoms with E-state index in [1.54, 1.807) is 5.53 Å². The Labute approximate surface area is 37.2 Å². The van der Waals surface area contributed by atoms with E-state index in [0.717, 1.165) is 0 Å². The Morgan fingerprint density at radius 1 is 1.14 bits per heavy atom. The number of nitrogens with zero attached hydrogens (tertiary/aromatic N) is 3. The van der Waals surface area contributed by atoms with E-state index in [0.29, 0.717) is 0 Å². The highest BCUT2D eigenvalue weighted by Gasteiger charge is 1.83. The number of nitro groups is 2. The maximum absolute atomic E-state index is 9.01. The van der Waals surface area contributed by atoms with Crippen LogP contribution in [0.4, 0.5) is 0 Å². The van der Waals surface area contributed by atoms with E-state index in [4.69, 9.17) is 20.2 Å². The molecule has 0 heterocycles. The molecule has 0 saturated heterocycles. The largest absolute Gasteiger partial charge is 0.264 e. The van der Waals surface area contributed by atoms with E-state index >= 15 is 0 Å². The van der Waals surface area contributed by atoms with Crippen LogP contribution in [0.25, 0.3) is 5.53 Å². The number of hydrogen-bond donors (Lipinski definition) is 0. The van der Waals surface area contributed by atoms with Gasteiger partial charge in [0.2, 0.25) is 0 Å². The van der Waals surface area contributed by atoms with Gasteiger partial charge in [-0.25, -0.2) is 0 Å². The van der Waals surface area contributed by atoms with Crippen molar-refractivity contribution in [1.82, 2.24) is 0 Å². The zero-order chi connectivity index (χ0) is 5.86. The molecule has 0 fully saturated rings. The molecular formula is N3O4-. The maximum atomic E-state index is 9.01. The van der Waals surface area contributed by atoms with Gasteiger partial charge in [-0.2, -0.15) is 0 Å². The molecule has 0 unspecified atom stereocenters. The van der Waals surface area contributed by atoms with E-state index in [9.17, 15) is 0 Å². The van der Waals surface area contributed by atoms with Crippen LogP contribution in [0.15, 0.2) is 0 Å². The summed E-state index contributed by atoms with van der Waals surface area (Å²) in [6, 6.07) is 0. The lowest BCUT2D eigenvalue weighted by Gasteiger charge is -1.92. The average Bonchev–Trinajstić information content (AvgIpc) is 1.27. The summed E-state index contributed by atoms with van der Waals surface area (Å²) >= 11 is 0. The minimum atomic E-state index is -1.38. The van der Waals surface area contributed by atoms with Gasteiger partial charge in [0, 0.05) is 10.1 Å². The topological polar surface area (TPSA) is 100 Å². The first-order chi connectivity index (χ1) is 3.13. The van der Waals surface area contributed by atoms with Crippen LogP contribution < -0.4 is 0 Å². The summed E-state index contributed by atoms with van der Waals surface area (Å²) < 4.78 is 0. The zero-order valence-electron chi connectivity index (χ0n) is 2.97. The van der Waals surface area contributed by atoms with Gasteiger partial charge in [0.05, 0.1) is 0 Å². The Hall–Kier alpha value is -1.40.